The van der Waals surface area contributed by atoms with Crippen molar-refractivity contribution >= 4 is 28.4 Å². The summed E-state index contributed by atoms with van der Waals surface area (Å²) in [5.74, 6) is -0.729. The van der Waals surface area contributed by atoms with E-state index in [2.05, 4.69) is 0 Å². The number of benzene rings is 1. The molecule has 0 saturated heterocycles. The fourth-order valence-electron chi connectivity index (χ4n) is 1.09. The quantitative estimate of drug-likeness (QED) is 0.673. The van der Waals surface area contributed by atoms with Crippen LogP contribution in [0.4, 0.5) is 8.78 Å². The minimum atomic E-state index is -2.64. The molecular weight excluding hydrogens is 305 g/mol. The molecule has 0 spiro atoms. The van der Waals surface area contributed by atoms with E-state index >= 15 is 0 Å². The molecule has 0 unspecified atom stereocenters. The summed E-state index contributed by atoms with van der Waals surface area (Å²) in [6, 6.07) is 2.12. The van der Waals surface area contributed by atoms with Gasteiger partial charge in [-0.15, -0.1) is 0 Å². The van der Waals surface area contributed by atoms with Gasteiger partial charge in [0.1, 0.15) is 5.75 Å². The Bertz CT molecular complexity index is 354. The number of phenols is 1. The molecule has 0 aromatic heterocycles. The molecule has 14 heavy (non-hydrogen) atoms. The number of hydrogen-bond donors (Lipinski definition) is 1. The number of aromatic hydroxyl groups is 1. The highest BCUT2D eigenvalue weighted by Crippen LogP contribution is 2.30. The predicted octanol–water partition coefficient (Wildman–Crippen LogP) is 3.14. The number of halogens is 3. The second kappa shape index (κ2) is 4.20. The number of alkyl halides is 2. The lowest BCUT2D eigenvalue weighted by molar-refractivity contribution is 0.101. The van der Waals surface area contributed by atoms with Gasteiger partial charge in [0.05, 0.1) is 5.56 Å². The standard InChI is InChI=1S/C9H7F2IO2/c1-4(13)8-6(12)2-5(9(10)11)3-7(8)14/h2-3,9,14H,1H3. The number of carbonyl (C=O) groups excluding carboxylic acids is 1. The van der Waals surface area contributed by atoms with Gasteiger partial charge in [-0.05, 0) is 41.6 Å². The predicted molar refractivity (Wildman–Crippen MR) is 55.8 cm³/mol. The second-order valence-corrected chi connectivity index (χ2v) is 3.92. The van der Waals surface area contributed by atoms with Crippen molar-refractivity contribution < 1.29 is 18.7 Å². The Morgan fingerprint density at radius 2 is 2.07 bits per heavy atom. The Hall–Kier alpha value is -0.720. The van der Waals surface area contributed by atoms with Gasteiger partial charge in [0.15, 0.2) is 5.78 Å². The largest absolute Gasteiger partial charge is 0.507 e. The molecule has 1 N–H and O–H groups in total. The highest BCUT2D eigenvalue weighted by molar-refractivity contribution is 14.1. The van der Waals surface area contributed by atoms with E-state index in [9.17, 15) is 18.7 Å². The first-order valence-electron chi connectivity index (χ1n) is 3.75. The van der Waals surface area contributed by atoms with E-state index in [0.29, 0.717) is 3.57 Å². The van der Waals surface area contributed by atoms with Gasteiger partial charge in [0, 0.05) is 9.13 Å². The number of rotatable bonds is 2. The molecule has 1 aromatic rings. The first-order chi connectivity index (χ1) is 6.43. The van der Waals surface area contributed by atoms with Gasteiger partial charge < -0.3 is 5.11 Å². The van der Waals surface area contributed by atoms with Gasteiger partial charge in [0.2, 0.25) is 0 Å². The molecule has 0 heterocycles. The van der Waals surface area contributed by atoms with Crippen molar-refractivity contribution in [2.75, 3.05) is 0 Å². The van der Waals surface area contributed by atoms with E-state index < -0.39 is 6.43 Å². The molecule has 0 radical (unpaired) electrons. The van der Waals surface area contributed by atoms with E-state index in [1.807, 2.05) is 0 Å². The maximum Gasteiger partial charge on any atom is 0.264 e. The Labute approximate surface area is 93.1 Å². The number of carbonyl (C=O) groups is 1. The van der Waals surface area contributed by atoms with Gasteiger partial charge in [-0.1, -0.05) is 0 Å². The lowest BCUT2D eigenvalue weighted by atomic mass is 10.1. The summed E-state index contributed by atoms with van der Waals surface area (Å²) in [5.41, 5.74) is -0.188. The van der Waals surface area contributed by atoms with Crippen LogP contribution in [0.25, 0.3) is 0 Å². The van der Waals surface area contributed by atoms with Crippen molar-refractivity contribution in [3.05, 3.63) is 26.8 Å². The minimum Gasteiger partial charge on any atom is -0.507 e. The van der Waals surface area contributed by atoms with Crippen molar-refractivity contribution in [2.45, 2.75) is 13.3 Å². The number of ketones is 1. The summed E-state index contributed by atoms with van der Waals surface area (Å²) in [7, 11) is 0. The second-order valence-electron chi connectivity index (χ2n) is 2.75. The third-order valence-electron chi connectivity index (χ3n) is 1.70. The average molecular weight is 312 g/mol. The summed E-state index contributed by atoms with van der Waals surface area (Å²) in [6.07, 6.45) is -2.64. The highest BCUT2D eigenvalue weighted by Gasteiger charge is 2.16. The highest BCUT2D eigenvalue weighted by atomic mass is 127. The zero-order valence-corrected chi connectivity index (χ0v) is 9.38. The van der Waals surface area contributed by atoms with Crippen LogP contribution in [0.5, 0.6) is 5.75 Å². The Balaban J connectivity index is 3.32. The number of hydrogen-bond acceptors (Lipinski definition) is 2. The molecule has 1 rings (SSSR count). The molecular formula is C9H7F2IO2. The zero-order chi connectivity index (χ0) is 10.9. The maximum absolute atomic E-state index is 12.3. The monoisotopic (exact) mass is 312 g/mol. The van der Waals surface area contributed by atoms with E-state index in [1.165, 1.54) is 13.0 Å². The normalized spacial score (nSPS) is 10.6. The smallest absolute Gasteiger partial charge is 0.264 e. The minimum absolute atomic E-state index is 0.0926. The molecule has 1 aromatic carbocycles. The molecule has 0 atom stereocenters. The number of phenolic OH excluding ortho intramolecular Hbond substituents is 1. The molecule has 0 bridgehead atoms. The van der Waals surface area contributed by atoms with E-state index in [0.717, 1.165) is 6.07 Å². The summed E-state index contributed by atoms with van der Waals surface area (Å²) in [5, 5.41) is 9.33. The van der Waals surface area contributed by atoms with Crippen LogP contribution in [0.2, 0.25) is 0 Å². The van der Waals surface area contributed by atoms with Crippen LogP contribution in [-0.2, 0) is 0 Å². The maximum atomic E-state index is 12.3. The molecule has 0 amide bonds. The van der Waals surface area contributed by atoms with Gasteiger partial charge in [-0.25, -0.2) is 8.78 Å². The van der Waals surface area contributed by atoms with E-state index in [-0.39, 0.29) is 22.7 Å². The number of Topliss-reactive ketones (excluding diaryl/α,β-unsaturated/α-hetero) is 1. The van der Waals surface area contributed by atoms with Crippen LogP contribution in [-0.4, -0.2) is 10.9 Å². The van der Waals surface area contributed by atoms with Crippen LogP contribution in [0.3, 0.4) is 0 Å². The van der Waals surface area contributed by atoms with Crippen molar-refractivity contribution in [3.8, 4) is 5.75 Å². The molecule has 0 aliphatic rings. The average Bonchev–Trinajstić information content (AvgIpc) is 2.01. The Morgan fingerprint density at radius 1 is 1.50 bits per heavy atom. The Kier molecular flexibility index (Phi) is 3.41. The van der Waals surface area contributed by atoms with Crippen molar-refractivity contribution in [1.29, 1.82) is 0 Å². The van der Waals surface area contributed by atoms with Crippen molar-refractivity contribution in [2.24, 2.45) is 0 Å². The SMILES string of the molecule is CC(=O)c1c(O)cc(C(F)F)cc1I. The zero-order valence-electron chi connectivity index (χ0n) is 7.22. The summed E-state index contributed by atoms with van der Waals surface area (Å²) in [6.45, 7) is 1.28. The lowest BCUT2D eigenvalue weighted by Gasteiger charge is -2.06. The molecule has 0 aliphatic carbocycles. The summed E-state index contributed by atoms with van der Waals surface area (Å²) >= 11 is 1.75. The molecule has 5 heteroatoms. The first-order valence-corrected chi connectivity index (χ1v) is 4.83. The molecule has 0 aliphatic heterocycles. The fourth-order valence-corrected chi connectivity index (χ4v) is 2.10. The fraction of sp³-hybridized carbons (Fsp3) is 0.222. The molecule has 0 fully saturated rings. The summed E-state index contributed by atoms with van der Waals surface area (Å²) < 4.78 is 24.9. The third-order valence-corrected chi connectivity index (χ3v) is 2.55. The van der Waals surface area contributed by atoms with Gasteiger partial charge in [-0.2, -0.15) is 0 Å². The molecule has 76 valence electrons. The van der Waals surface area contributed by atoms with E-state index in [1.54, 1.807) is 22.6 Å². The summed E-state index contributed by atoms with van der Waals surface area (Å²) in [4.78, 5) is 11.0. The molecule has 2 nitrogen and oxygen atoms in total. The van der Waals surface area contributed by atoms with Crippen LogP contribution < -0.4 is 0 Å². The van der Waals surface area contributed by atoms with Crippen LogP contribution >= 0.6 is 22.6 Å². The lowest BCUT2D eigenvalue weighted by Crippen LogP contribution is -1.98. The van der Waals surface area contributed by atoms with Crippen molar-refractivity contribution in [3.63, 3.8) is 0 Å². The molecule has 0 saturated carbocycles. The van der Waals surface area contributed by atoms with E-state index in [4.69, 9.17) is 0 Å². The van der Waals surface area contributed by atoms with Gasteiger partial charge in [-0.3, -0.25) is 4.79 Å². The van der Waals surface area contributed by atoms with Gasteiger partial charge >= 0.3 is 0 Å². The van der Waals surface area contributed by atoms with Crippen molar-refractivity contribution in [1.82, 2.24) is 0 Å². The van der Waals surface area contributed by atoms with Crippen LogP contribution in [0.1, 0.15) is 29.3 Å². The topological polar surface area (TPSA) is 37.3 Å². The first kappa shape index (κ1) is 11.4. The van der Waals surface area contributed by atoms with Crippen LogP contribution in [0, 0.1) is 3.57 Å². The Morgan fingerprint density at radius 3 is 2.43 bits per heavy atom. The van der Waals surface area contributed by atoms with Gasteiger partial charge in [0.25, 0.3) is 6.43 Å². The third kappa shape index (κ3) is 2.20. The van der Waals surface area contributed by atoms with Crippen LogP contribution in [0.15, 0.2) is 12.1 Å².